The minimum Gasteiger partial charge on any atom is -0.496 e. The lowest BCUT2D eigenvalue weighted by Gasteiger charge is -2.08. The summed E-state index contributed by atoms with van der Waals surface area (Å²) in [5.41, 5.74) is 5.28. The zero-order valence-corrected chi connectivity index (χ0v) is 15.7. The maximum absolute atomic E-state index is 12.3. The molecule has 0 atom stereocenters. The first kappa shape index (κ1) is 17.7. The highest BCUT2D eigenvalue weighted by molar-refractivity contribution is 6.02. The number of nitrogens with one attached hydrogen (secondary N) is 1. The highest BCUT2D eigenvalue weighted by Crippen LogP contribution is 2.26. The number of carbonyl (C=O) groups is 1. The summed E-state index contributed by atoms with van der Waals surface area (Å²) < 4.78 is 7.36. The second kappa shape index (κ2) is 7.52. The lowest BCUT2D eigenvalue weighted by Crippen LogP contribution is -2.21. The molecule has 0 unspecified atom stereocenters. The Labute approximate surface area is 162 Å². The number of carbonyl (C=O) groups excluding carboxylic acids is 1. The smallest absolute Gasteiger partial charge is 0.247 e. The fraction of sp³-hybridized carbons (Fsp3) is 0.136. The van der Waals surface area contributed by atoms with E-state index >= 15 is 0 Å². The van der Waals surface area contributed by atoms with Crippen LogP contribution >= 0.6 is 0 Å². The number of hydrogen-bond acceptors (Lipinski definition) is 4. The average Bonchev–Trinajstić information content (AvgIpc) is 3.03. The van der Waals surface area contributed by atoms with Crippen LogP contribution in [0.15, 0.2) is 65.8 Å². The highest BCUT2D eigenvalue weighted by atomic mass is 16.5. The van der Waals surface area contributed by atoms with Crippen molar-refractivity contribution in [2.45, 2.75) is 6.42 Å². The first-order valence-electron chi connectivity index (χ1n) is 8.95. The largest absolute Gasteiger partial charge is 0.496 e. The summed E-state index contributed by atoms with van der Waals surface area (Å²) in [5.74, 6) is 1.16. The number of hydrogen-bond donors (Lipinski definition) is 1. The molecule has 1 heterocycles. The van der Waals surface area contributed by atoms with Crippen LogP contribution in [0.5, 0.6) is 5.75 Å². The molecule has 0 spiro atoms. The Kier molecular flexibility index (Phi) is 4.76. The van der Waals surface area contributed by atoms with Crippen molar-refractivity contribution in [3.05, 3.63) is 72.1 Å². The quantitative estimate of drug-likeness (QED) is 0.431. The van der Waals surface area contributed by atoms with Gasteiger partial charge in [0.15, 0.2) is 0 Å². The lowest BCUT2D eigenvalue weighted by molar-refractivity contribution is -0.120. The average molecular weight is 372 g/mol. The molecule has 1 amide bonds. The van der Waals surface area contributed by atoms with Crippen molar-refractivity contribution in [2.75, 3.05) is 7.11 Å². The van der Waals surface area contributed by atoms with Crippen molar-refractivity contribution in [3.8, 4) is 5.75 Å². The molecule has 0 aliphatic carbocycles. The van der Waals surface area contributed by atoms with E-state index in [2.05, 4.69) is 15.5 Å². The van der Waals surface area contributed by atoms with Gasteiger partial charge in [0.2, 0.25) is 5.91 Å². The van der Waals surface area contributed by atoms with Crippen LogP contribution in [0.3, 0.4) is 0 Å². The predicted molar refractivity (Wildman–Crippen MR) is 111 cm³/mol. The third-order valence-electron chi connectivity index (χ3n) is 4.73. The first-order valence-corrected chi connectivity index (χ1v) is 8.95. The van der Waals surface area contributed by atoms with Gasteiger partial charge < -0.3 is 9.30 Å². The SMILES string of the molecule is COc1ccc2ccccc2c1/C=N\NC(=O)Cc1nc2ccccc2n1C. The molecule has 0 radical (unpaired) electrons. The number of hydrazone groups is 1. The molecular weight excluding hydrogens is 352 g/mol. The van der Waals surface area contributed by atoms with Gasteiger partial charge in [-0.2, -0.15) is 5.10 Å². The number of para-hydroxylation sites is 2. The van der Waals surface area contributed by atoms with Crippen molar-refractivity contribution in [1.82, 2.24) is 15.0 Å². The molecule has 0 aliphatic heterocycles. The van der Waals surface area contributed by atoms with Crippen molar-refractivity contribution in [3.63, 3.8) is 0 Å². The van der Waals surface area contributed by atoms with Gasteiger partial charge in [0.05, 0.1) is 30.8 Å². The summed E-state index contributed by atoms with van der Waals surface area (Å²) in [7, 11) is 3.52. The van der Waals surface area contributed by atoms with Crippen LogP contribution in [-0.4, -0.2) is 28.8 Å². The molecule has 140 valence electrons. The molecular formula is C22H20N4O2. The maximum atomic E-state index is 12.3. The Morgan fingerprint density at radius 2 is 1.93 bits per heavy atom. The molecule has 4 rings (SSSR count). The Hall–Kier alpha value is -3.67. The zero-order chi connectivity index (χ0) is 19.5. The first-order chi connectivity index (χ1) is 13.7. The summed E-state index contributed by atoms with van der Waals surface area (Å²) in [4.78, 5) is 16.9. The van der Waals surface area contributed by atoms with Crippen LogP contribution in [0.4, 0.5) is 0 Å². The van der Waals surface area contributed by atoms with E-state index in [1.54, 1.807) is 13.3 Å². The summed E-state index contributed by atoms with van der Waals surface area (Å²) >= 11 is 0. The molecule has 4 aromatic rings. The molecule has 1 N–H and O–H groups in total. The van der Waals surface area contributed by atoms with Crippen molar-refractivity contribution >= 4 is 33.9 Å². The fourth-order valence-corrected chi connectivity index (χ4v) is 3.29. The van der Waals surface area contributed by atoms with E-state index in [1.807, 2.05) is 72.3 Å². The van der Waals surface area contributed by atoms with Crippen molar-refractivity contribution in [1.29, 1.82) is 0 Å². The summed E-state index contributed by atoms with van der Waals surface area (Å²) in [6.07, 6.45) is 1.77. The second-order valence-corrected chi connectivity index (χ2v) is 6.45. The number of ether oxygens (including phenoxy) is 1. The number of aryl methyl sites for hydroxylation is 1. The van der Waals surface area contributed by atoms with Crippen LogP contribution in [0, 0.1) is 0 Å². The van der Waals surface area contributed by atoms with E-state index in [1.165, 1.54) is 0 Å². The number of nitrogens with zero attached hydrogens (tertiary/aromatic N) is 3. The van der Waals surface area contributed by atoms with E-state index in [-0.39, 0.29) is 12.3 Å². The van der Waals surface area contributed by atoms with E-state index in [9.17, 15) is 4.79 Å². The molecule has 6 heteroatoms. The number of imidazole rings is 1. The summed E-state index contributed by atoms with van der Waals surface area (Å²) in [5, 5.41) is 6.23. The van der Waals surface area contributed by atoms with Gasteiger partial charge in [0, 0.05) is 12.6 Å². The minimum atomic E-state index is -0.228. The Balaban J connectivity index is 1.52. The third-order valence-corrected chi connectivity index (χ3v) is 4.73. The molecule has 0 aliphatic rings. The highest BCUT2D eigenvalue weighted by Gasteiger charge is 2.11. The number of rotatable bonds is 5. The van der Waals surface area contributed by atoms with Crippen molar-refractivity contribution < 1.29 is 9.53 Å². The molecule has 1 aromatic heterocycles. The minimum absolute atomic E-state index is 0.148. The van der Waals surface area contributed by atoms with Gasteiger partial charge in [-0.05, 0) is 29.0 Å². The standard InChI is InChI=1S/C22H20N4O2/c1-26-19-10-6-5-9-18(19)24-21(26)13-22(27)25-23-14-17-16-8-4-3-7-15(16)11-12-20(17)28-2/h3-12,14H,13H2,1-2H3,(H,25,27)/b23-14-. The van der Waals surface area contributed by atoms with Crippen LogP contribution < -0.4 is 10.2 Å². The van der Waals surface area contributed by atoms with Crippen molar-refractivity contribution in [2.24, 2.45) is 12.1 Å². The summed E-state index contributed by atoms with van der Waals surface area (Å²) in [6, 6.07) is 19.7. The third kappa shape index (κ3) is 3.32. The maximum Gasteiger partial charge on any atom is 0.247 e. The van der Waals surface area contributed by atoms with E-state index in [0.717, 1.165) is 27.4 Å². The van der Waals surface area contributed by atoms with Crippen LogP contribution in [0.1, 0.15) is 11.4 Å². The zero-order valence-electron chi connectivity index (χ0n) is 15.7. The second-order valence-electron chi connectivity index (χ2n) is 6.45. The van der Waals surface area contributed by atoms with Gasteiger partial charge in [-0.1, -0.05) is 42.5 Å². The lowest BCUT2D eigenvalue weighted by atomic mass is 10.0. The van der Waals surface area contributed by atoms with Gasteiger partial charge in [0.25, 0.3) is 0 Å². The molecule has 0 saturated heterocycles. The number of amides is 1. The van der Waals surface area contributed by atoms with Gasteiger partial charge in [-0.15, -0.1) is 0 Å². The number of benzene rings is 3. The molecule has 0 saturated carbocycles. The normalized spacial score (nSPS) is 11.4. The van der Waals surface area contributed by atoms with Gasteiger partial charge in [0.1, 0.15) is 11.6 Å². The van der Waals surface area contributed by atoms with E-state index < -0.39 is 0 Å². The number of aromatic nitrogens is 2. The van der Waals surface area contributed by atoms with Gasteiger partial charge in [-0.3, -0.25) is 4.79 Å². The van der Waals surface area contributed by atoms with E-state index in [0.29, 0.717) is 11.6 Å². The molecule has 6 nitrogen and oxygen atoms in total. The fourth-order valence-electron chi connectivity index (χ4n) is 3.29. The van der Waals surface area contributed by atoms with Crippen LogP contribution in [0.2, 0.25) is 0 Å². The number of fused-ring (bicyclic) bond motifs is 2. The summed E-state index contributed by atoms with van der Waals surface area (Å²) in [6.45, 7) is 0. The topological polar surface area (TPSA) is 68.5 Å². The molecule has 3 aromatic carbocycles. The Morgan fingerprint density at radius 3 is 2.75 bits per heavy atom. The van der Waals surface area contributed by atoms with E-state index in [4.69, 9.17) is 4.74 Å². The molecule has 0 bridgehead atoms. The van der Waals surface area contributed by atoms with Gasteiger partial charge in [-0.25, -0.2) is 10.4 Å². The molecule has 28 heavy (non-hydrogen) atoms. The van der Waals surface area contributed by atoms with Crippen LogP contribution in [0.25, 0.3) is 21.8 Å². The Bertz CT molecular complexity index is 1190. The predicted octanol–water partition coefficient (Wildman–Crippen LogP) is 3.43. The van der Waals surface area contributed by atoms with Gasteiger partial charge >= 0.3 is 0 Å². The Morgan fingerprint density at radius 1 is 1.14 bits per heavy atom. The molecule has 0 fully saturated rings. The number of methoxy groups -OCH3 is 1. The monoisotopic (exact) mass is 372 g/mol. The van der Waals surface area contributed by atoms with Crippen LogP contribution in [-0.2, 0) is 18.3 Å².